The van der Waals surface area contributed by atoms with Gasteiger partial charge in [0.15, 0.2) is 0 Å². The lowest BCUT2D eigenvalue weighted by Gasteiger charge is -2.09. The van der Waals surface area contributed by atoms with Gasteiger partial charge in [-0.1, -0.05) is 0 Å². The zero-order valence-corrected chi connectivity index (χ0v) is 13.4. The summed E-state index contributed by atoms with van der Waals surface area (Å²) in [5, 5.41) is 8.82. The fourth-order valence-corrected chi connectivity index (χ4v) is 3.71. The molecule has 0 fully saturated rings. The van der Waals surface area contributed by atoms with Gasteiger partial charge < -0.3 is 10.8 Å². The molecule has 0 radical (unpaired) electrons. The van der Waals surface area contributed by atoms with Crippen molar-refractivity contribution < 1.29 is 23.1 Å². The van der Waals surface area contributed by atoms with Crippen LogP contribution in [0.25, 0.3) is 0 Å². The Labute approximate surface area is 130 Å². The molecule has 7 nitrogen and oxygen atoms in total. The molecule has 0 aliphatic carbocycles. The van der Waals surface area contributed by atoms with E-state index < -0.39 is 21.9 Å². The summed E-state index contributed by atoms with van der Waals surface area (Å²) in [5.41, 5.74) is 4.97. The molecule has 0 aromatic heterocycles. The number of hydrogen-bond donors (Lipinski definition) is 3. The Morgan fingerprint density at radius 3 is 2.48 bits per heavy atom. The first-order valence-electron chi connectivity index (χ1n) is 6.05. The second-order valence-electron chi connectivity index (χ2n) is 4.27. The van der Waals surface area contributed by atoms with Crippen LogP contribution in [0, 0.1) is 0 Å². The summed E-state index contributed by atoms with van der Waals surface area (Å²) in [5.74, 6) is -1.57. The van der Waals surface area contributed by atoms with Gasteiger partial charge in [-0.15, -0.1) is 0 Å². The lowest BCUT2D eigenvalue weighted by atomic mass is 10.2. The first-order chi connectivity index (χ1) is 9.74. The molecule has 9 heteroatoms. The highest BCUT2D eigenvalue weighted by Gasteiger charge is 2.18. The average Bonchev–Trinajstić information content (AvgIpc) is 2.37. The van der Waals surface area contributed by atoms with E-state index in [-0.39, 0.29) is 27.9 Å². The molecule has 1 amide bonds. The van der Waals surface area contributed by atoms with Crippen molar-refractivity contribution in [3.63, 3.8) is 0 Å². The quantitative estimate of drug-likeness (QED) is 0.583. The van der Waals surface area contributed by atoms with Gasteiger partial charge in [-0.05, 0) is 47.0 Å². The summed E-state index contributed by atoms with van der Waals surface area (Å²) in [6.07, 6.45) is 1.18. The van der Waals surface area contributed by atoms with Crippen molar-refractivity contribution in [2.45, 2.75) is 24.2 Å². The van der Waals surface area contributed by atoms with Crippen LogP contribution in [0.3, 0.4) is 0 Å². The van der Waals surface area contributed by atoms with Crippen LogP contribution in [-0.4, -0.2) is 31.9 Å². The van der Waals surface area contributed by atoms with Gasteiger partial charge in [0.05, 0.1) is 10.5 Å². The number of unbranched alkanes of at least 4 members (excludes halogenated alkanes) is 1. The van der Waals surface area contributed by atoms with Crippen molar-refractivity contribution >= 4 is 37.8 Å². The maximum absolute atomic E-state index is 12.1. The third kappa shape index (κ3) is 5.44. The largest absolute Gasteiger partial charge is 0.478 e. The second kappa shape index (κ2) is 7.53. The van der Waals surface area contributed by atoms with Gasteiger partial charge in [0.25, 0.3) is 0 Å². The Kier molecular flexibility index (Phi) is 6.31. The number of nitrogens with one attached hydrogen (secondary N) is 1. The number of sulfonamides is 1. The number of benzene rings is 1. The number of amides is 1. The van der Waals surface area contributed by atoms with Crippen molar-refractivity contribution in [3.8, 4) is 0 Å². The van der Waals surface area contributed by atoms with Crippen LogP contribution >= 0.6 is 15.9 Å². The van der Waals surface area contributed by atoms with Crippen molar-refractivity contribution in [1.82, 2.24) is 4.72 Å². The van der Waals surface area contributed by atoms with Crippen LogP contribution in [0.1, 0.15) is 29.6 Å². The van der Waals surface area contributed by atoms with Gasteiger partial charge in [-0.25, -0.2) is 17.9 Å². The van der Waals surface area contributed by atoms with Gasteiger partial charge in [-0.3, -0.25) is 4.79 Å². The van der Waals surface area contributed by atoms with E-state index in [2.05, 4.69) is 20.7 Å². The van der Waals surface area contributed by atoms with E-state index >= 15 is 0 Å². The van der Waals surface area contributed by atoms with E-state index in [1.807, 2.05) is 0 Å². The van der Waals surface area contributed by atoms with E-state index in [0.717, 1.165) is 0 Å². The van der Waals surface area contributed by atoms with Gasteiger partial charge >= 0.3 is 5.97 Å². The smallest absolute Gasteiger partial charge is 0.335 e. The third-order valence-electron chi connectivity index (χ3n) is 2.61. The number of hydrogen-bond acceptors (Lipinski definition) is 4. The van der Waals surface area contributed by atoms with E-state index in [1.165, 1.54) is 18.2 Å². The van der Waals surface area contributed by atoms with Crippen molar-refractivity contribution in [3.05, 3.63) is 28.2 Å². The maximum atomic E-state index is 12.1. The molecule has 0 atom stereocenters. The Bertz CT molecular complexity index is 645. The highest BCUT2D eigenvalue weighted by Crippen LogP contribution is 2.23. The lowest BCUT2D eigenvalue weighted by Crippen LogP contribution is -2.25. The Balaban J connectivity index is 2.70. The number of carboxylic acids is 1. The van der Waals surface area contributed by atoms with Crippen LogP contribution in [0.2, 0.25) is 0 Å². The summed E-state index contributed by atoms with van der Waals surface area (Å²) in [4.78, 5) is 21.3. The standard InChI is InChI=1S/C12H15BrN2O5S/c13-9-7-8(12(17)18)4-5-10(9)21(19,20)15-6-2-1-3-11(14)16/h4-5,7,15H,1-3,6H2,(H2,14,16)(H,17,18). The zero-order valence-electron chi connectivity index (χ0n) is 11.0. The fraction of sp³-hybridized carbons (Fsp3) is 0.333. The topological polar surface area (TPSA) is 127 Å². The molecular weight excluding hydrogens is 364 g/mol. The fourth-order valence-electron chi connectivity index (χ4n) is 1.56. The molecule has 0 aliphatic heterocycles. The molecular formula is C12H15BrN2O5S. The van der Waals surface area contributed by atoms with Gasteiger partial charge in [0.2, 0.25) is 15.9 Å². The number of carbonyl (C=O) groups is 2. The molecule has 4 N–H and O–H groups in total. The van der Waals surface area contributed by atoms with Gasteiger partial charge in [0, 0.05) is 17.4 Å². The van der Waals surface area contributed by atoms with Crippen molar-refractivity contribution in [2.75, 3.05) is 6.54 Å². The summed E-state index contributed by atoms with van der Waals surface area (Å²) in [7, 11) is -3.74. The minimum Gasteiger partial charge on any atom is -0.478 e. The van der Waals surface area contributed by atoms with E-state index in [1.54, 1.807) is 0 Å². The van der Waals surface area contributed by atoms with Crippen LogP contribution in [0.15, 0.2) is 27.6 Å². The Hall–Kier alpha value is -1.45. The predicted octanol–water partition coefficient (Wildman–Crippen LogP) is 1.08. The summed E-state index contributed by atoms with van der Waals surface area (Å²) < 4.78 is 26.7. The number of rotatable bonds is 8. The monoisotopic (exact) mass is 378 g/mol. The number of primary amides is 1. The van der Waals surface area contributed by atoms with E-state index in [9.17, 15) is 18.0 Å². The molecule has 1 rings (SSSR count). The summed E-state index contributed by atoms with van der Waals surface area (Å²) in [6, 6.07) is 3.66. The highest BCUT2D eigenvalue weighted by atomic mass is 79.9. The summed E-state index contributed by atoms with van der Waals surface area (Å²) in [6.45, 7) is 0.169. The molecule has 0 aliphatic rings. The third-order valence-corrected chi connectivity index (χ3v) is 5.05. The van der Waals surface area contributed by atoms with Crippen LogP contribution in [0.4, 0.5) is 0 Å². The van der Waals surface area contributed by atoms with Crippen LogP contribution < -0.4 is 10.5 Å². The zero-order chi connectivity index (χ0) is 16.0. The van der Waals surface area contributed by atoms with Crippen LogP contribution in [-0.2, 0) is 14.8 Å². The molecule has 0 bridgehead atoms. The molecule has 116 valence electrons. The maximum Gasteiger partial charge on any atom is 0.335 e. The number of carboxylic acid groups (broad SMARTS) is 1. The minimum atomic E-state index is -3.74. The Morgan fingerprint density at radius 1 is 1.29 bits per heavy atom. The van der Waals surface area contributed by atoms with Crippen molar-refractivity contribution in [1.29, 1.82) is 0 Å². The minimum absolute atomic E-state index is 0.0118. The number of nitrogens with two attached hydrogens (primary N) is 1. The first-order valence-corrected chi connectivity index (χ1v) is 8.32. The van der Waals surface area contributed by atoms with Gasteiger partial charge in [-0.2, -0.15) is 0 Å². The molecule has 0 unspecified atom stereocenters. The van der Waals surface area contributed by atoms with E-state index in [4.69, 9.17) is 10.8 Å². The lowest BCUT2D eigenvalue weighted by molar-refractivity contribution is -0.118. The predicted molar refractivity (Wildman–Crippen MR) is 79.3 cm³/mol. The molecule has 21 heavy (non-hydrogen) atoms. The molecule has 0 heterocycles. The SMILES string of the molecule is NC(=O)CCCCNS(=O)(=O)c1ccc(C(=O)O)cc1Br. The molecule has 0 spiro atoms. The molecule has 0 saturated carbocycles. The Morgan fingerprint density at radius 2 is 1.95 bits per heavy atom. The number of carbonyl (C=O) groups excluding carboxylic acids is 1. The molecule has 1 aromatic rings. The second-order valence-corrected chi connectivity index (χ2v) is 6.86. The normalized spacial score (nSPS) is 11.3. The molecule has 0 saturated heterocycles. The van der Waals surface area contributed by atoms with Crippen molar-refractivity contribution in [2.24, 2.45) is 5.73 Å². The highest BCUT2D eigenvalue weighted by molar-refractivity contribution is 9.10. The number of aromatic carboxylic acids is 1. The summed E-state index contributed by atoms with van der Waals surface area (Å²) >= 11 is 3.05. The van der Waals surface area contributed by atoms with Gasteiger partial charge in [0.1, 0.15) is 0 Å². The molecule has 1 aromatic carbocycles. The first kappa shape index (κ1) is 17.6. The van der Waals surface area contributed by atoms with Crippen LogP contribution in [0.5, 0.6) is 0 Å². The van der Waals surface area contributed by atoms with E-state index in [0.29, 0.717) is 12.8 Å². The average molecular weight is 379 g/mol. The number of halogens is 1.